The molecule has 1 aliphatic carbocycles. The smallest absolute Gasteiger partial charge is 0.0447 e. The van der Waals surface area contributed by atoms with Gasteiger partial charge in [0.25, 0.3) is 0 Å². The number of nitrogens with one attached hydrogen (secondary N) is 2. The lowest BCUT2D eigenvalue weighted by Crippen LogP contribution is -2.31. The van der Waals surface area contributed by atoms with Gasteiger partial charge in [-0.15, -0.1) is 0 Å². The summed E-state index contributed by atoms with van der Waals surface area (Å²) in [5.41, 5.74) is 4.14. The summed E-state index contributed by atoms with van der Waals surface area (Å²) in [4.78, 5) is 0. The van der Waals surface area contributed by atoms with Gasteiger partial charge >= 0.3 is 0 Å². The van der Waals surface area contributed by atoms with Crippen LogP contribution in [-0.4, -0.2) is 19.6 Å². The molecule has 0 bridgehead atoms. The monoisotopic (exact) mass is 218 g/mol. The Kier molecular flexibility index (Phi) is 3.62. The Morgan fingerprint density at radius 2 is 2.06 bits per heavy atom. The fourth-order valence-electron chi connectivity index (χ4n) is 2.07. The second-order valence-corrected chi connectivity index (χ2v) is 4.88. The molecule has 1 aromatic rings. The van der Waals surface area contributed by atoms with Crippen LogP contribution in [0.2, 0.25) is 0 Å². The van der Waals surface area contributed by atoms with Gasteiger partial charge in [0, 0.05) is 18.6 Å². The van der Waals surface area contributed by atoms with E-state index in [2.05, 4.69) is 42.7 Å². The zero-order valence-electron chi connectivity index (χ0n) is 10.5. The summed E-state index contributed by atoms with van der Waals surface area (Å²) in [6, 6.07) is 7.90. The predicted octanol–water partition coefficient (Wildman–Crippen LogP) is 2.32. The summed E-state index contributed by atoms with van der Waals surface area (Å²) in [7, 11) is 2.04. The fraction of sp³-hybridized carbons (Fsp3) is 0.571. The van der Waals surface area contributed by atoms with Crippen molar-refractivity contribution in [3.05, 3.63) is 34.9 Å². The predicted molar refractivity (Wildman–Crippen MR) is 68.7 cm³/mol. The molecule has 1 aliphatic rings. The van der Waals surface area contributed by atoms with E-state index in [9.17, 15) is 0 Å². The lowest BCUT2D eigenvalue weighted by Gasteiger charge is -2.20. The van der Waals surface area contributed by atoms with Crippen molar-refractivity contribution in [2.45, 2.75) is 38.8 Å². The van der Waals surface area contributed by atoms with Crippen LogP contribution >= 0.6 is 0 Å². The van der Waals surface area contributed by atoms with Crippen LogP contribution in [0.1, 0.15) is 35.6 Å². The van der Waals surface area contributed by atoms with Gasteiger partial charge in [-0.2, -0.15) is 0 Å². The Hall–Kier alpha value is -0.860. The molecule has 2 N–H and O–H groups in total. The van der Waals surface area contributed by atoms with Crippen molar-refractivity contribution in [1.29, 1.82) is 0 Å². The first-order valence-corrected chi connectivity index (χ1v) is 6.18. The van der Waals surface area contributed by atoms with Crippen LogP contribution in [0.15, 0.2) is 18.2 Å². The van der Waals surface area contributed by atoms with Gasteiger partial charge in [-0.25, -0.2) is 0 Å². The molecule has 0 radical (unpaired) electrons. The van der Waals surface area contributed by atoms with E-state index in [0.29, 0.717) is 6.04 Å². The highest BCUT2D eigenvalue weighted by Gasteiger charge is 2.22. The van der Waals surface area contributed by atoms with Crippen LogP contribution in [0.5, 0.6) is 0 Å². The summed E-state index contributed by atoms with van der Waals surface area (Å²) in [5.74, 6) is 0. The quantitative estimate of drug-likeness (QED) is 0.792. The number of rotatable bonds is 5. The van der Waals surface area contributed by atoms with Gasteiger partial charge in [0.15, 0.2) is 0 Å². The minimum Gasteiger partial charge on any atom is -0.312 e. The first kappa shape index (κ1) is 11.6. The third-order valence-corrected chi connectivity index (χ3v) is 3.35. The van der Waals surface area contributed by atoms with Crippen LogP contribution < -0.4 is 10.6 Å². The van der Waals surface area contributed by atoms with Gasteiger partial charge in [-0.1, -0.05) is 23.8 Å². The van der Waals surface area contributed by atoms with Crippen LogP contribution in [0.4, 0.5) is 0 Å². The normalized spacial score (nSPS) is 17.4. The van der Waals surface area contributed by atoms with Crippen molar-refractivity contribution >= 4 is 0 Å². The first-order valence-electron chi connectivity index (χ1n) is 6.18. The number of aryl methyl sites for hydroxylation is 2. The second kappa shape index (κ2) is 4.98. The Bertz CT molecular complexity index is 356. The highest BCUT2D eigenvalue weighted by Crippen LogP contribution is 2.22. The summed E-state index contributed by atoms with van der Waals surface area (Å²) in [6.45, 7) is 5.38. The SMILES string of the molecule is CNC(CNC1CC1)c1cc(C)ccc1C. The Labute approximate surface area is 98.4 Å². The largest absolute Gasteiger partial charge is 0.312 e. The molecule has 0 aliphatic heterocycles. The third kappa shape index (κ3) is 2.83. The minimum atomic E-state index is 0.431. The average Bonchev–Trinajstić information content (AvgIpc) is 3.07. The molecule has 88 valence electrons. The highest BCUT2D eigenvalue weighted by molar-refractivity contribution is 5.33. The van der Waals surface area contributed by atoms with E-state index in [0.717, 1.165) is 12.6 Å². The van der Waals surface area contributed by atoms with E-state index < -0.39 is 0 Å². The van der Waals surface area contributed by atoms with Crippen molar-refractivity contribution < 1.29 is 0 Å². The second-order valence-electron chi connectivity index (χ2n) is 4.88. The zero-order valence-corrected chi connectivity index (χ0v) is 10.5. The van der Waals surface area contributed by atoms with Crippen molar-refractivity contribution in [1.82, 2.24) is 10.6 Å². The molecule has 1 fully saturated rings. The summed E-state index contributed by atoms with van der Waals surface area (Å²) in [6.07, 6.45) is 2.70. The van der Waals surface area contributed by atoms with E-state index in [-0.39, 0.29) is 0 Å². The summed E-state index contributed by atoms with van der Waals surface area (Å²) in [5, 5.41) is 7.00. The lowest BCUT2D eigenvalue weighted by molar-refractivity contribution is 0.524. The molecule has 2 rings (SSSR count). The van der Waals surface area contributed by atoms with Gasteiger partial charge in [-0.05, 0) is 44.9 Å². The van der Waals surface area contributed by atoms with Crippen molar-refractivity contribution in [3.8, 4) is 0 Å². The standard InChI is InChI=1S/C14H22N2/c1-10-4-5-11(2)13(8-10)14(15-3)9-16-12-6-7-12/h4-5,8,12,14-16H,6-7,9H2,1-3H3. The fourth-order valence-corrected chi connectivity index (χ4v) is 2.07. The Morgan fingerprint density at radius 1 is 1.31 bits per heavy atom. The minimum absolute atomic E-state index is 0.431. The molecule has 1 aromatic carbocycles. The molecular weight excluding hydrogens is 196 g/mol. The van der Waals surface area contributed by atoms with E-state index in [1.54, 1.807) is 0 Å². The van der Waals surface area contributed by atoms with Crippen LogP contribution in [0, 0.1) is 13.8 Å². The molecule has 0 heterocycles. The molecule has 0 spiro atoms. The maximum absolute atomic E-state index is 3.59. The Morgan fingerprint density at radius 3 is 2.69 bits per heavy atom. The Balaban J connectivity index is 2.07. The van der Waals surface area contributed by atoms with Gasteiger partial charge in [-0.3, -0.25) is 0 Å². The van der Waals surface area contributed by atoms with E-state index >= 15 is 0 Å². The maximum Gasteiger partial charge on any atom is 0.0447 e. The zero-order chi connectivity index (χ0) is 11.5. The molecule has 1 unspecified atom stereocenters. The van der Waals surface area contributed by atoms with E-state index in [1.807, 2.05) is 7.05 Å². The van der Waals surface area contributed by atoms with Gasteiger partial charge in [0.1, 0.15) is 0 Å². The highest BCUT2D eigenvalue weighted by atomic mass is 15.0. The molecule has 0 saturated heterocycles. The topological polar surface area (TPSA) is 24.1 Å². The molecule has 16 heavy (non-hydrogen) atoms. The number of benzene rings is 1. The number of hydrogen-bond acceptors (Lipinski definition) is 2. The molecule has 2 heteroatoms. The molecule has 1 saturated carbocycles. The van der Waals surface area contributed by atoms with Crippen molar-refractivity contribution in [3.63, 3.8) is 0 Å². The molecule has 1 atom stereocenters. The van der Waals surface area contributed by atoms with Gasteiger partial charge < -0.3 is 10.6 Å². The summed E-state index contributed by atoms with van der Waals surface area (Å²) >= 11 is 0. The van der Waals surface area contributed by atoms with E-state index in [4.69, 9.17) is 0 Å². The molecule has 2 nitrogen and oxygen atoms in total. The third-order valence-electron chi connectivity index (χ3n) is 3.35. The first-order chi connectivity index (χ1) is 7.70. The van der Waals surface area contributed by atoms with Crippen LogP contribution in [0.25, 0.3) is 0 Å². The number of likely N-dealkylation sites (N-methyl/N-ethyl adjacent to an activating group) is 1. The van der Waals surface area contributed by atoms with Crippen LogP contribution in [0.3, 0.4) is 0 Å². The van der Waals surface area contributed by atoms with Crippen LogP contribution in [-0.2, 0) is 0 Å². The van der Waals surface area contributed by atoms with Crippen molar-refractivity contribution in [2.24, 2.45) is 0 Å². The van der Waals surface area contributed by atoms with Gasteiger partial charge in [0.2, 0.25) is 0 Å². The molecular formula is C14H22N2. The van der Waals surface area contributed by atoms with E-state index in [1.165, 1.54) is 29.5 Å². The van der Waals surface area contributed by atoms with Crippen molar-refractivity contribution in [2.75, 3.05) is 13.6 Å². The molecule has 0 aromatic heterocycles. The summed E-state index contributed by atoms with van der Waals surface area (Å²) < 4.78 is 0. The number of hydrogen-bond donors (Lipinski definition) is 2. The molecule has 0 amide bonds. The average molecular weight is 218 g/mol. The lowest BCUT2D eigenvalue weighted by atomic mass is 9.99. The maximum atomic E-state index is 3.59. The van der Waals surface area contributed by atoms with Gasteiger partial charge in [0.05, 0.1) is 0 Å².